The number of nitrogens with zero attached hydrogens (tertiary/aromatic N) is 3. The van der Waals surface area contributed by atoms with Crippen LogP contribution in [0.5, 0.6) is 0 Å². The van der Waals surface area contributed by atoms with E-state index < -0.39 is 5.92 Å². The number of alkyl halides is 2. The quantitative estimate of drug-likeness (QED) is 0.802. The standard InChI is InChI=1S/C21H34F2N4O/c1-24-9-10-26(2)13-17-19(18-12-21(22,23)14-27(18)25-17)16-4-7-20(8-5-16)6-3-11-28-15-20/h16,24H,3-15H2,1-2H3/t16-,20-. The number of halogens is 2. The van der Waals surface area contributed by atoms with Crippen molar-refractivity contribution in [3.63, 3.8) is 0 Å². The third-order valence-corrected chi connectivity index (χ3v) is 7.00. The number of hydrogen-bond acceptors (Lipinski definition) is 4. The summed E-state index contributed by atoms with van der Waals surface area (Å²) in [7, 11) is 4.02. The molecule has 0 atom stereocenters. The molecule has 1 aromatic rings. The van der Waals surface area contributed by atoms with Crippen LogP contribution in [0.4, 0.5) is 8.78 Å². The van der Waals surface area contributed by atoms with E-state index in [1.54, 1.807) is 4.68 Å². The van der Waals surface area contributed by atoms with Gasteiger partial charge in [-0.25, -0.2) is 8.78 Å². The summed E-state index contributed by atoms with van der Waals surface area (Å²) >= 11 is 0. The van der Waals surface area contributed by atoms with Crippen molar-refractivity contribution in [2.45, 2.75) is 69.9 Å². The second kappa shape index (κ2) is 8.00. The molecule has 158 valence electrons. The van der Waals surface area contributed by atoms with Crippen LogP contribution in [-0.4, -0.2) is 61.0 Å². The Kier molecular flexibility index (Phi) is 5.78. The average molecular weight is 397 g/mol. The zero-order valence-corrected chi connectivity index (χ0v) is 17.3. The van der Waals surface area contributed by atoms with Gasteiger partial charge in [0.15, 0.2) is 0 Å². The molecule has 0 bridgehead atoms. The fourth-order valence-corrected chi connectivity index (χ4v) is 5.45. The monoisotopic (exact) mass is 396 g/mol. The Labute approximate surface area is 166 Å². The van der Waals surface area contributed by atoms with E-state index in [9.17, 15) is 8.78 Å². The van der Waals surface area contributed by atoms with Gasteiger partial charge in [0.2, 0.25) is 0 Å². The van der Waals surface area contributed by atoms with E-state index in [-0.39, 0.29) is 13.0 Å². The fraction of sp³-hybridized carbons (Fsp3) is 0.857. The van der Waals surface area contributed by atoms with Gasteiger partial charge in [-0.15, -0.1) is 0 Å². The van der Waals surface area contributed by atoms with Crippen molar-refractivity contribution in [2.75, 3.05) is 40.4 Å². The summed E-state index contributed by atoms with van der Waals surface area (Å²) in [5.41, 5.74) is 3.28. The van der Waals surface area contributed by atoms with E-state index in [0.717, 1.165) is 81.9 Å². The molecule has 0 radical (unpaired) electrons. The van der Waals surface area contributed by atoms with Crippen LogP contribution in [0.15, 0.2) is 0 Å². The average Bonchev–Trinajstić information content (AvgIpc) is 3.12. The van der Waals surface area contributed by atoms with E-state index in [2.05, 4.69) is 22.4 Å². The molecule has 4 rings (SSSR count). The Bertz CT molecular complexity index is 674. The summed E-state index contributed by atoms with van der Waals surface area (Å²) in [4.78, 5) is 2.23. The zero-order chi connectivity index (χ0) is 19.8. The van der Waals surface area contributed by atoms with Gasteiger partial charge in [-0.2, -0.15) is 5.10 Å². The van der Waals surface area contributed by atoms with Crippen molar-refractivity contribution in [2.24, 2.45) is 5.41 Å². The summed E-state index contributed by atoms with van der Waals surface area (Å²) in [5, 5.41) is 7.83. The lowest BCUT2D eigenvalue weighted by Gasteiger charge is -2.42. The number of likely N-dealkylation sites (N-methyl/N-ethyl adjacent to an activating group) is 2. The largest absolute Gasteiger partial charge is 0.381 e. The van der Waals surface area contributed by atoms with Gasteiger partial charge in [0.1, 0.15) is 6.54 Å². The molecule has 3 aliphatic rings. The van der Waals surface area contributed by atoms with Crippen molar-refractivity contribution in [1.82, 2.24) is 20.0 Å². The molecule has 1 aromatic heterocycles. The van der Waals surface area contributed by atoms with Crippen molar-refractivity contribution in [3.8, 4) is 0 Å². The minimum Gasteiger partial charge on any atom is -0.381 e. The SMILES string of the molecule is CNCCN(C)Cc1nn2c(c1[C@H]1CC[C@@]3(CCCOC3)CC1)CC(F)(F)C2. The Hall–Kier alpha value is -1.05. The van der Waals surface area contributed by atoms with Crippen LogP contribution in [0.25, 0.3) is 0 Å². The second-order valence-electron chi connectivity index (χ2n) is 9.27. The first kappa shape index (κ1) is 20.2. The van der Waals surface area contributed by atoms with Crippen LogP contribution >= 0.6 is 0 Å². The second-order valence-corrected chi connectivity index (χ2v) is 9.27. The molecular weight excluding hydrogens is 362 g/mol. The minimum absolute atomic E-state index is 0.152. The predicted molar refractivity (Wildman–Crippen MR) is 105 cm³/mol. The van der Waals surface area contributed by atoms with E-state index in [1.807, 2.05) is 7.05 Å². The Morgan fingerprint density at radius 3 is 2.75 bits per heavy atom. The summed E-state index contributed by atoms with van der Waals surface area (Å²) in [6.07, 6.45) is 6.69. The Morgan fingerprint density at radius 2 is 2.07 bits per heavy atom. The molecule has 1 saturated carbocycles. The molecule has 0 aromatic carbocycles. The highest BCUT2D eigenvalue weighted by molar-refractivity contribution is 5.34. The molecule has 1 aliphatic carbocycles. The van der Waals surface area contributed by atoms with Crippen LogP contribution < -0.4 is 5.32 Å². The van der Waals surface area contributed by atoms with Gasteiger partial charge < -0.3 is 10.1 Å². The zero-order valence-electron chi connectivity index (χ0n) is 17.3. The Morgan fingerprint density at radius 1 is 1.29 bits per heavy atom. The molecule has 28 heavy (non-hydrogen) atoms. The molecule has 2 aliphatic heterocycles. The first-order chi connectivity index (χ1) is 13.4. The highest BCUT2D eigenvalue weighted by atomic mass is 19.3. The molecule has 1 spiro atoms. The number of rotatable bonds is 6. The first-order valence-corrected chi connectivity index (χ1v) is 10.8. The lowest BCUT2D eigenvalue weighted by molar-refractivity contribution is -0.0309. The van der Waals surface area contributed by atoms with Crippen molar-refractivity contribution in [1.29, 1.82) is 0 Å². The summed E-state index contributed by atoms with van der Waals surface area (Å²) in [6, 6.07) is 0. The maximum absolute atomic E-state index is 14.1. The van der Waals surface area contributed by atoms with E-state index in [0.29, 0.717) is 11.3 Å². The van der Waals surface area contributed by atoms with Crippen molar-refractivity contribution >= 4 is 0 Å². The molecule has 7 heteroatoms. The van der Waals surface area contributed by atoms with Gasteiger partial charge in [0.25, 0.3) is 5.92 Å². The van der Waals surface area contributed by atoms with Gasteiger partial charge in [0, 0.05) is 37.5 Å². The highest BCUT2D eigenvalue weighted by Gasteiger charge is 2.44. The smallest absolute Gasteiger partial charge is 0.272 e. The Balaban J connectivity index is 1.53. The molecule has 3 heterocycles. The van der Waals surface area contributed by atoms with Crippen molar-refractivity contribution in [3.05, 3.63) is 17.0 Å². The summed E-state index contributed by atoms with van der Waals surface area (Å²) in [5.74, 6) is -2.29. The normalized spacial score (nSPS) is 29.5. The highest BCUT2D eigenvalue weighted by Crippen LogP contribution is 2.49. The lowest BCUT2D eigenvalue weighted by Crippen LogP contribution is -2.35. The number of hydrogen-bond donors (Lipinski definition) is 1. The lowest BCUT2D eigenvalue weighted by atomic mass is 9.66. The first-order valence-electron chi connectivity index (χ1n) is 10.8. The van der Waals surface area contributed by atoms with Crippen LogP contribution in [0.3, 0.4) is 0 Å². The van der Waals surface area contributed by atoms with E-state index in [4.69, 9.17) is 4.74 Å². The number of nitrogens with one attached hydrogen (secondary N) is 1. The molecule has 2 fully saturated rings. The molecule has 0 amide bonds. The summed E-state index contributed by atoms with van der Waals surface area (Å²) in [6.45, 7) is 4.06. The van der Waals surface area contributed by atoms with E-state index >= 15 is 0 Å². The van der Waals surface area contributed by atoms with Gasteiger partial charge in [-0.3, -0.25) is 9.58 Å². The molecule has 1 N–H and O–H groups in total. The minimum atomic E-state index is -2.65. The van der Waals surface area contributed by atoms with Gasteiger partial charge in [-0.1, -0.05) is 0 Å². The maximum atomic E-state index is 14.1. The number of ether oxygens (including phenoxy) is 1. The van der Waals surface area contributed by atoms with Crippen LogP contribution in [-0.2, 0) is 24.2 Å². The van der Waals surface area contributed by atoms with Gasteiger partial charge in [0.05, 0.1) is 18.7 Å². The van der Waals surface area contributed by atoms with Crippen LogP contribution in [0.2, 0.25) is 0 Å². The number of aromatic nitrogens is 2. The predicted octanol–water partition coefficient (Wildman–Crippen LogP) is 3.18. The summed E-state index contributed by atoms with van der Waals surface area (Å²) < 4.78 is 35.5. The van der Waals surface area contributed by atoms with Crippen molar-refractivity contribution < 1.29 is 13.5 Å². The van der Waals surface area contributed by atoms with Gasteiger partial charge >= 0.3 is 0 Å². The third-order valence-electron chi connectivity index (χ3n) is 7.00. The molecule has 0 unspecified atom stereocenters. The topological polar surface area (TPSA) is 42.3 Å². The molecule has 1 saturated heterocycles. The van der Waals surface area contributed by atoms with Crippen LogP contribution in [0, 0.1) is 5.41 Å². The van der Waals surface area contributed by atoms with Crippen LogP contribution in [0.1, 0.15) is 61.4 Å². The molecule has 5 nitrogen and oxygen atoms in total. The molecular formula is C21H34F2N4O. The maximum Gasteiger partial charge on any atom is 0.272 e. The number of fused-ring (bicyclic) bond motifs is 1. The third kappa shape index (κ3) is 4.12. The van der Waals surface area contributed by atoms with Gasteiger partial charge in [-0.05, 0) is 64.0 Å². The van der Waals surface area contributed by atoms with E-state index in [1.165, 1.54) is 6.42 Å². The fourth-order valence-electron chi connectivity index (χ4n) is 5.45.